The maximum atomic E-state index is 13.6. The van der Waals surface area contributed by atoms with Crippen LogP contribution in [0.5, 0.6) is 0 Å². The molecule has 6 heteroatoms. The summed E-state index contributed by atoms with van der Waals surface area (Å²) >= 11 is 0. The summed E-state index contributed by atoms with van der Waals surface area (Å²) < 4.78 is 13.6. The van der Waals surface area contributed by atoms with Gasteiger partial charge in [-0.25, -0.2) is 9.37 Å². The standard InChI is InChI=1S/C11H19FN4O/c1-5-13-10-14-6-8(12)9(15-10)16(4)7-11(2,3)17/h6,17H,5,7H2,1-4H3,(H,13,14,15). The van der Waals surface area contributed by atoms with Crippen LogP contribution >= 0.6 is 0 Å². The minimum Gasteiger partial charge on any atom is -0.389 e. The molecule has 0 spiro atoms. The van der Waals surface area contributed by atoms with Gasteiger partial charge in [-0.2, -0.15) is 4.98 Å². The van der Waals surface area contributed by atoms with Crippen LogP contribution in [0.1, 0.15) is 20.8 Å². The average molecular weight is 242 g/mol. The van der Waals surface area contributed by atoms with Crippen molar-refractivity contribution in [2.45, 2.75) is 26.4 Å². The Kier molecular flexibility index (Phi) is 4.22. The van der Waals surface area contributed by atoms with E-state index < -0.39 is 11.4 Å². The van der Waals surface area contributed by atoms with Gasteiger partial charge in [-0.3, -0.25) is 0 Å². The smallest absolute Gasteiger partial charge is 0.224 e. The fourth-order valence-corrected chi connectivity index (χ4v) is 1.52. The van der Waals surface area contributed by atoms with Gasteiger partial charge in [0, 0.05) is 20.1 Å². The van der Waals surface area contributed by atoms with Crippen molar-refractivity contribution >= 4 is 11.8 Å². The Morgan fingerprint density at radius 1 is 1.53 bits per heavy atom. The molecule has 1 rings (SSSR count). The maximum Gasteiger partial charge on any atom is 0.224 e. The van der Waals surface area contributed by atoms with Crippen LogP contribution in [0.3, 0.4) is 0 Å². The van der Waals surface area contributed by atoms with Gasteiger partial charge in [0.1, 0.15) is 0 Å². The largest absolute Gasteiger partial charge is 0.389 e. The molecule has 0 amide bonds. The summed E-state index contributed by atoms with van der Waals surface area (Å²) in [5, 5.41) is 12.6. The molecule has 17 heavy (non-hydrogen) atoms. The second-order valence-corrected chi connectivity index (χ2v) is 4.56. The quantitative estimate of drug-likeness (QED) is 0.814. The molecule has 0 fully saturated rings. The number of likely N-dealkylation sites (N-methyl/N-ethyl adjacent to an activating group) is 1. The van der Waals surface area contributed by atoms with E-state index in [-0.39, 0.29) is 12.4 Å². The number of halogens is 1. The molecule has 0 saturated heterocycles. The van der Waals surface area contributed by atoms with Gasteiger partial charge in [0.15, 0.2) is 11.6 Å². The Morgan fingerprint density at radius 2 is 2.18 bits per heavy atom. The first-order valence-corrected chi connectivity index (χ1v) is 5.53. The van der Waals surface area contributed by atoms with Crippen LogP contribution in [-0.2, 0) is 0 Å². The van der Waals surface area contributed by atoms with Crippen LogP contribution < -0.4 is 10.2 Å². The molecule has 1 aromatic rings. The fraction of sp³-hybridized carbons (Fsp3) is 0.636. The predicted octanol–water partition coefficient (Wildman–Crippen LogP) is 1.25. The summed E-state index contributed by atoms with van der Waals surface area (Å²) in [6, 6.07) is 0. The lowest BCUT2D eigenvalue weighted by Crippen LogP contribution is -2.37. The molecular weight excluding hydrogens is 223 g/mol. The van der Waals surface area contributed by atoms with Crippen LogP contribution in [-0.4, -0.2) is 40.8 Å². The zero-order chi connectivity index (χ0) is 13.1. The minimum absolute atomic E-state index is 0.179. The van der Waals surface area contributed by atoms with E-state index in [0.29, 0.717) is 12.5 Å². The van der Waals surface area contributed by atoms with E-state index in [1.807, 2.05) is 6.92 Å². The second-order valence-electron chi connectivity index (χ2n) is 4.56. The Hall–Kier alpha value is -1.43. The molecule has 1 heterocycles. The van der Waals surface area contributed by atoms with Gasteiger partial charge in [-0.15, -0.1) is 0 Å². The van der Waals surface area contributed by atoms with Crippen molar-refractivity contribution in [1.29, 1.82) is 0 Å². The van der Waals surface area contributed by atoms with Crippen LogP contribution in [0.15, 0.2) is 6.20 Å². The Balaban J connectivity index is 2.91. The highest BCUT2D eigenvalue weighted by Crippen LogP contribution is 2.18. The second kappa shape index (κ2) is 5.27. The topological polar surface area (TPSA) is 61.3 Å². The molecule has 0 unspecified atom stereocenters. The van der Waals surface area contributed by atoms with Gasteiger partial charge < -0.3 is 15.3 Å². The van der Waals surface area contributed by atoms with E-state index in [9.17, 15) is 9.50 Å². The summed E-state index contributed by atoms with van der Waals surface area (Å²) in [6.07, 6.45) is 1.13. The number of hydrogen-bond acceptors (Lipinski definition) is 5. The lowest BCUT2D eigenvalue weighted by atomic mass is 10.1. The van der Waals surface area contributed by atoms with Crippen molar-refractivity contribution in [3.63, 3.8) is 0 Å². The summed E-state index contributed by atoms with van der Waals surface area (Å²) in [7, 11) is 1.68. The fourth-order valence-electron chi connectivity index (χ4n) is 1.52. The first-order valence-electron chi connectivity index (χ1n) is 5.53. The van der Waals surface area contributed by atoms with Crippen LogP contribution in [0.4, 0.5) is 16.2 Å². The van der Waals surface area contributed by atoms with Crippen molar-refractivity contribution in [2.24, 2.45) is 0 Å². The molecule has 5 nitrogen and oxygen atoms in total. The SMILES string of the molecule is CCNc1ncc(F)c(N(C)CC(C)(C)O)n1. The van der Waals surface area contributed by atoms with E-state index in [1.165, 1.54) is 0 Å². The van der Waals surface area contributed by atoms with Crippen molar-refractivity contribution < 1.29 is 9.50 Å². The van der Waals surface area contributed by atoms with Crippen molar-refractivity contribution in [3.05, 3.63) is 12.0 Å². The molecule has 2 N–H and O–H groups in total. The predicted molar refractivity (Wildman–Crippen MR) is 65.7 cm³/mol. The Bertz CT molecular complexity index is 378. The zero-order valence-electron chi connectivity index (χ0n) is 10.7. The molecular formula is C11H19FN4O. The maximum absolute atomic E-state index is 13.6. The van der Waals surface area contributed by atoms with Gasteiger partial charge in [0.25, 0.3) is 0 Å². The Labute approximate surface area is 101 Å². The van der Waals surface area contributed by atoms with Crippen molar-refractivity contribution in [1.82, 2.24) is 9.97 Å². The Morgan fingerprint density at radius 3 is 2.71 bits per heavy atom. The van der Waals surface area contributed by atoms with Gasteiger partial charge in [-0.1, -0.05) is 0 Å². The van der Waals surface area contributed by atoms with Crippen LogP contribution in [0, 0.1) is 5.82 Å². The first kappa shape index (κ1) is 13.6. The third-order valence-electron chi connectivity index (χ3n) is 2.05. The van der Waals surface area contributed by atoms with Crippen molar-refractivity contribution in [3.8, 4) is 0 Å². The summed E-state index contributed by atoms with van der Waals surface area (Å²) in [5.41, 5.74) is -0.912. The number of rotatable bonds is 5. The van der Waals surface area contributed by atoms with E-state index in [2.05, 4.69) is 15.3 Å². The number of hydrogen-bond donors (Lipinski definition) is 2. The highest BCUT2D eigenvalue weighted by Gasteiger charge is 2.19. The third-order valence-corrected chi connectivity index (χ3v) is 2.05. The van der Waals surface area contributed by atoms with Gasteiger partial charge >= 0.3 is 0 Å². The minimum atomic E-state index is -0.912. The number of aliphatic hydroxyl groups is 1. The average Bonchev–Trinajstić information content (AvgIpc) is 2.18. The molecule has 0 saturated carbocycles. The lowest BCUT2D eigenvalue weighted by Gasteiger charge is -2.26. The van der Waals surface area contributed by atoms with Gasteiger partial charge in [0.05, 0.1) is 11.8 Å². The van der Waals surface area contributed by atoms with Crippen LogP contribution in [0.2, 0.25) is 0 Å². The molecule has 0 aromatic carbocycles. The summed E-state index contributed by atoms with van der Waals surface area (Å²) in [4.78, 5) is 9.45. The number of nitrogens with one attached hydrogen (secondary N) is 1. The molecule has 0 aliphatic heterocycles. The third kappa shape index (κ3) is 4.14. The van der Waals surface area contributed by atoms with E-state index >= 15 is 0 Å². The number of nitrogens with zero attached hydrogens (tertiary/aromatic N) is 3. The summed E-state index contributed by atoms with van der Waals surface area (Å²) in [5.74, 6) is 0.0583. The molecule has 0 aliphatic carbocycles. The first-order chi connectivity index (χ1) is 7.83. The molecule has 1 aromatic heterocycles. The highest BCUT2D eigenvalue weighted by atomic mass is 19.1. The highest BCUT2D eigenvalue weighted by molar-refractivity contribution is 5.43. The van der Waals surface area contributed by atoms with Crippen LogP contribution in [0.25, 0.3) is 0 Å². The monoisotopic (exact) mass is 242 g/mol. The van der Waals surface area contributed by atoms with E-state index in [1.54, 1.807) is 25.8 Å². The molecule has 96 valence electrons. The number of anilines is 2. The van der Waals surface area contributed by atoms with Gasteiger partial charge in [-0.05, 0) is 20.8 Å². The summed E-state index contributed by atoms with van der Waals surface area (Å²) in [6.45, 7) is 6.18. The molecule has 0 radical (unpaired) electrons. The number of aromatic nitrogens is 2. The lowest BCUT2D eigenvalue weighted by molar-refractivity contribution is 0.0883. The van der Waals surface area contributed by atoms with Gasteiger partial charge in [0.2, 0.25) is 5.95 Å². The molecule has 0 atom stereocenters. The van der Waals surface area contributed by atoms with E-state index in [0.717, 1.165) is 6.20 Å². The van der Waals surface area contributed by atoms with E-state index in [4.69, 9.17) is 0 Å². The molecule has 0 aliphatic rings. The molecule has 0 bridgehead atoms. The van der Waals surface area contributed by atoms with Crippen molar-refractivity contribution in [2.75, 3.05) is 30.4 Å². The normalized spacial score (nSPS) is 11.4. The zero-order valence-corrected chi connectivity index (χ0v) is 10.7.